The van der Waals surface area contributed by atoms with Crippen LogP contribution in [0.2, 0.25) is 0 Å². The molecule has 2 aromatic rings. The average Bonchev–Trinajstić information content (AvgIpc) is 3.06. The normalized spacial score (nSPS) is 10.7. The summed E-state index contributed by atoms with van der Waals surface area (Å²) in [5, 5.41) is 8.58. The summed E-state index contributed by atoms with van der Waals surface area (Å²) in [4.78, 5) is 5.48. The van der Waals surface area contributed by atoms with Gasteiger partial charge in [0.2, 0.25) is 0 Å². The third-order valence-electron chi connectivity index (χ3n) is 2.96. The van der Waals surface area contributed by atoms with Gasteiger partial charge in [-0.25, -0.2) is 0 Å². The van der Waals surface area contributed by atoms with Crippen LogP contribution >= 0.6 is 35.3 Å². The number of nitrogens with one attached hydrogen (secondary N) is 2. The predicted octanol–water partition coefficient (Wildman–Crippen LogP) is 3.96. The van der Waals surface area contributed by atoms with Crippen molar-refractivity contribution in [3.8, 4) is 11.5 Å². The standard InChI is InChI=1S/C16H21N3O2S.HI/c1-4-21-14-8-7-12(10-15(14)20-3)19-16(17-2)18-11-13-6-5-9-22-13;/h5-10H,4,11H2,1-3H3,(H2,17,18,19);1H. The molecule has 0 amide bonds. The summed E-state index contributed by atoms with van der Waals surface area (Å²) in [6, 6.07) is 9.84. The van der Waals surface area contributed by atoms with Gasteiger partial charge in [0, 0.05) is 23.7 Å². The van der Waals surface area contributed by atoms with Gasteiger partial charge in [-0.15, -0.1) is 35.3 Å². The zero-order valence-corrected chi connectivity index (χ0v) is 16.6. The molecule has 5 nitrogen and oxygen atoms in total. The fourth-order valence-electron chi connectivity index (χ4n) is 1.92. The van der Waals surface area contributed by atoms with Crippen LogP contribution in [0.5, 0.6) is 11.5 Å². The van der Waals surface area contributed by atoms with Crippen molar-refractivity contribution < 1.29 is 9.47 Å². The van der Waals surface area contributed by atoms with Crippen molar-refractivity contribution in [1.29, 1.82) is 0 Å². The highest BCUT2D eigenvalue weighted by Crippen LogP contribution is 2.30. The van der Waals surface area contributed by atoms with Crippen LogP contribution in [0.25, 0.3) is 0 Å². The Kier molecular flexibility index (Phi) is 8.78. The predicted molar refractivity (Wildman–Crippen MR) is 108 cm³/mol. The van der Waals surface area contributed by atoms with E-state index < -0.39 is 0 Å². The fourth-order valence-corrected chi connectivity index (χ4v) is 2.56. The summed E-state index contributed by atoms with van der Waals surface area (Å²) >= 11 is 1.71. The molecule has 0 saturated heterocycles. The van der Waals surface area contributed by atoms with Crippen LogP contribution in [-0.2, 0) is 6.54 Å². The van der Waals surface area contributed by atoms with E-state index in [9.17, 15) is 0 Å². The van der Waals surface area contributed by atoms with Crippen molar-refractivity contribution in [2.24, 2.45) is 4.99 Å². The Morgan fingerprint density at radius 1 is 1.26 bits per heavy atom. The lowest BCUT2D eigenvalue weighted by atomic mass is 10.2. The number of thiophene rings is 1. The lowest BCUT2D eigenvalue weighted by Gasteiger charge is -2.14. The first-order chi connectivity index (χ1) is 10.8. The topological polar surface area (TPSA) is 54.9 Å². The van der Waals surface area contributed by atoms with Crippen LogP contribution in [0.3, 0.4) is 0 Å². The Bertz CT molecular complexity index is 618. The minimum Gasteiger partial charge on any atom is -0.493 e. The first kappa shape index (κ1) is 19.6. The molecule has 0 atom stereocenters. The number of rotatable bonds is 6. The number of nitrogens with zero attached hydrogens (tertiary/aromatic N) is 1. The van der Waals surface area contributed by atoms with Crippen molar-refractivity contribution in [2.75, 3.05) is 26.1 Å². The molecule has 2 rings (SSSR count). The number of methoxy groups -OCH3 is 1. The number of guanidine groups is 1. The van der Waals surface area contributed by atoms with Crippen LogP contribution in [-0.4, -0.2) is 26.7 Å². The van der Waals surface area contributed by atoms with E-state index in [0.29, 0.717) is 18.3 Å². The molecule has 1 aromatic carbocycles. The van der Waals surface area contributed by atoms with Gasteiger partial charge < -0.3 is 20.1 Å². The zero-order valence-electron chi connectivity index (χ0n) is 13.5. The van der Waals surface area contributed by atoms with Crippen molar-refractivity contribution >= 4 is 47.0 Å². The SMILES string of the molecule is CCOc1ccc(NC(=NC)NCc2cccs2)cc1OC.I. The van der Waals surface area contributed by atoms with Gasteiger partial charge in [-0.3, -0.25) is 4.99 Å². The van der Waals surface area contributed by atoms with Crippen LogP contribution in [0.4, 0.5) is 5.69 Å². The van der Waals surface area contributed by atoms with Crippen molar-refractivity contribution in [2.45, 2.75) is 13.5 Å². The first-order valence-corrected chi connectivity index (χ1v) is 7.95. The van der Waals surface area contributed by atoms with E-state index in [1.807, 2.05) is 31.2 Å². The van der Waals surface area contributed by atoms with E-state index in [4.69, 9.17) is 9.47 Å². The Balaban J connectivity index is 0.00000264. The molecule has 0 spiro atoms. The average molecular weight is 447 g/mol. The molecule has 0 aliphatic rings. The second-order valence-electron chi connectivity index (χ2n) is 4.43. The molecule has 23 heavy (non-hydrogen) atoms. The second kappa shape index (κ2) is 10.3. The van der Waals surface area contributed by atoms with Crippen LogP contribution < -0.4 is 20.1 Å². The van der Waals surface area contributed by atoms with Crippen molar-refractivity contribution in [1.82, 2.24) is 5.32 Å². The molecular weight excluding hydrogens is 425 g/mol. The Hall–Kier alpha value is -1.48. The van der Waals surface area contributed by atoms with Gasteiger partial charge in [0.1, 0.15) is 0 Å². The lowest BCUT2D eigenvalue weighted by Crippen LogP contribution is -2.29. The van der Waals surface area contributed by atoms with Crippen LogP contribution in [0.15, 0.2) is 40.7 Å². The monoisotopic (exact) mass is 447 g/mol. The quantitative estimate of drug-likeness (QED) is 0.400. The summed E-state index contributed by atoms with van der Waals surface area (Å²) in [6.45, 7) is 3.29. The van der Waals surface area contributed by atoms with E-state index in [2.05, 4.69) is 27.1 Å². The van der Waals surface area contributed by atoms with Gasteiger partial charge in [0.25, 0.3) is 0 Å². The highest BCUT2D eigenvalue weighted by atomic mass is 127. The highest BCUT2D eigenvalue weighted by molar-refractivity contribution is 14.0. The molecule has 0 bridgehead atoms. The molecule has 0 radical (unpaired) electrons. The van der Waals surface area contributed by atoms with Gasteiger partial charge in [0.05, 0.1) is 20.3 Å². The number of anilines is 1. The molecule has 0 fully saturated rings. The van der Waals surface area contributed by atoms with Gasteiger partial charge >= 0.3 is 0 Å². The number of benzene rings is 1. The molecule has 0 saturated carbocycles. The van der Waals surface area contributed by atoms with Gasteiger partial charge in [-0.1, -0.05) is 6.07 Å². The first-order valence-electron chi connectivity index (χ1n) is 7.07. The van der Waals surface area contributed by atoms with Crippen LogP contribution in [0.1, 0.15) is 11.8 Å². The molecule has 7 heteroatoms. The minimum atomic E-state index is 0. The summed E-state index contributed by atoms with van der Waals surface area (Å²) in [6.07, 6.45) is 0. The number of aliphatic imine (C=N–C) groups is 1. The lowest BCUT2D eigenvalue weighted by molar-refractivity contribution is 0.311. The van der Waals surface area contributed by atoms with Gasteiger partial charge in [-0.05, 0) is 30.5 Å². The van der Waals surface area contributed by atoms with E-state index in [0.717, 1.165) is 18.0 Å². The fraction of sp³-hybridized carbons (Fsp3) is 0.312. The maximum absolute atomic E-state index is 5.51. The summed E-state index contributed by atoms with van der Waals surface area (Å²) in [7, 11) is 3.38. The molecule has 1 heterocycles. The number of hydrogen-bond donors (Lipinski definition) is 2. The molecule has 0 unspecified atom stereocenters. The number of ether oxygens (including phenoxy) is 2. The second-order valence-corrected chi connectivity index (χ2v) is 5.46. The van der Waals surface area contributed by atoms with E-state index >= 15 is 0 Å². The summed E-state index contributed by atoms with van der Waals surface area (Å²) < 4.78 is 10.9. The third kappa shape index (κ3) is 5.91. The van der Waals surface area contributed by atoms with Gasteiger partial charge in [0.15, 0.2) is 17.5 Å². The van der Waals surface area contributed by atoms with E-state index in [-0.39, 0.29) is 24.0 Å². The molecular formula is C16H22IN3O2S. The smallest absolute Gasteiger partial charge is 0.195 e. The number of hydrogen-bond acceptors (Lipinski definition) is 4. The Morgan fingerprint density at radius 2 is 2.09 bits per heavy atom. The molecule has 0 aliphatic heterocycles. The van der Waals surface area contributed by atoms with Crippen LogP contribution in [0, 0.1) is 0 Å². The largest absolute Gasteiger partial charge is 0.493 e. The van der Waals surface area contributed by atoms with Gasteiger partial charge in [-0.2, -0.15) is 0 Å². The zero-order chi connectivity index (χ0) is 15.8. The van der Waals surface area contributed by atoms with E-state index in [1.54, 1.807) is 25.5 Å². The number of halogens is 1. The Labute approximate surface area is 158 Å². The highest BCUT2D eigenvalue weighted by Gasteiger charge is 2.07. The van der Waals surface area contributed by atoms with E-state index in [1.165, 1.54) is 4.88 Å². The van der Waals surface area contributed by atoms with Crippen molar-refractivity contribution in [3.05, 3.63) is 40.6 Å². The summed E-state index contributed by atoms with van der Waals surface area (Å²) in [5.41, 5.74) is 0.889. The maximum atomic E-state index is 5.51. The molecule has 2 N–H and O–H groups in total. The third-order valence-corrected chi connectivity index (χ3v) is 3.84. The summed E-state index contributed by atoms with van der Waals surface area (Å²) in [5.74, 6) is 2.14. The maximum Gasteiger partial charge on any atom is 0.195 e. The molecule has 0 aliphatic carbocycles. The molecule has 126 valence electrons. The van der Waals surface area contributed by atoms with Crippen molar-refractivity contribution in [3.63, 3.8) is 0 Å². The Morgan fingerprint density at radius 3 is 2.70 bits per heavy atom. The minimum absolute atomic E-state index is 0. The molecule has 1 aromatic heterocycles.